The Morgan fingerprint density at radius 3 is 1.83 bits per heavy atom. The summed E-state index contributed by atoms with van der Waals surface area (Å²) >= 11 is 0. The van der Waals surface area contributed by atoms with Crippen molar-refractivity contribution >= 4 is 41.6 Å². The van der Waals surface area contributed by atoms with Gasteiger partial charge in [0.1, 0.15) is 54.5 Å². The first-order valence-corrected chi connectivity index (χ1v) is 21.1. The van der Waals surface area contributed by atoms with Crippen LogP contribution in [0.4, 0.5) is 13.6 Å². The van der Waals surface area contributed by atoms with Gasteiger partial charge < -0.3 is 41.0 Å². The smallest absolute Gasteiger partial charge is 0.407 e. The van der Waals surface area contributed by atoms with E-state index in [1.165, 1.54) is 25.9 Å². The third-order valence-corrected chi connectivity index (χ3v) is 11.3. The number of alkyl carbamates (subject to hydrolysis) is 1. The maximum atomic E-state index is 14.3. The van der Waals surface area contributed by atoms with Crippen LogP contribution >= 0.6 is 0 Å². The van der Waals surface area contributed by atoms with E-state index in [1.54, 1.807) is 27.7 Å². The lowest BCUT2D eigenvalue weighted by Crippen LogP contribution is -2.60. The van der Waals surface area contributed by atoms with E-state index < -0.39 is 95.4 Å². The number of halogens is 2. The van der Waals surface area contributed by atoms with Crippen molar-refractivity contribution in [3.63, 3.8) is 0 Å². The summed E-state index contributed by atoms with van der Waals surface area (Å²) < 4.78 is 39.0. The molecule has 63 heavy (non-hydrogen) atoms. The van der Waals surface area contributed by atoms with Gasteiger partial charge in [0.05, 0.1) is 7.11 Å². The van der Waals surface area contributed by atoms with Crippen LogP contribution in [0.3, 0.4) is 0 Å². The minimum Gasteiger partial charge on any atom is -0.467 e. The van der Waals surface area contributed by atoms with Gasteiger partial charge in [-0.3, -0.25) is 24.0 Å². The molecule has 0 unspecified atom stereocenters. The Morgan fingerprint density at radius 1 is 0.698 bits per heavy atom. The topological polar surface area (TPSA) is 201 Å². The molecular weight excluding hydrogens is 819 g/mol. The molecule has 1 fully saturated rings. The number of benzene rings is 3. The SMILES string of the molecule is COC(=O)[C@@H](NC(=O)[C@@H](NC(=O)[C@@H]1CCCN1C(=O)[C@H](Cc1cc(F)cc(F)c1)NC(=O)[C@H](C)NC(=O)[C@H](C)NC(=O)OCC1c2ccccc2-c2ccccc21)C(C)C)C(C)C. The first kappa shape index (κ1) is 47.7. The molecule has 1 heterocycles. The molecule has 3 aromatic rings. The second kappa shape index (κ2) is 21.1. The molecule has 15 nitrogen and oxygen atoms in total. The van der Waals surface area contributed by atoms with Crippen LogP contribution in [0.5, 0.6) is 0 Å². The normalized spacial score (nSPS) is 16.7. The lowest BCUT2D eigenvalue weighted by atomic mass is 9.98. The van der Waals surface area contributed by atoms with Crippen molar-refractivity contribution in [2.24, 2.45) is 11.8 Å². The predicted molar refractivity (Wildman–Crippen MR) is 228 cm³/mol. The van der Waals surface area contributed by atoms with Crippen LogP contribution < -0.4 is 26.6 Å². The molecule has 1 saturated heterocycles. The van der Waals surface area contributed by atoms with Gasteiger partial charge in [0.15, 0.2) is 0 Å². The second-order valence-electron chi connectivity index (χ2n) is 16.6. The number of hydrogen-bond acceptors (Lipinski definition) is 9. The van der Waals surface area contributed by atoms with E-state index in [1.807, 2.05) is 48.5 Å². The Labute approximate surface area is 365 Å². The van der Waals surface area contributed by atoms with E-state index in [4.69, 9.17) is 9.47 Å². The van der Waals surface area contributed by atoms with Gasteiger partial charge in [-0.25, -0.2) is 18.4 Å². The summed E-state index contributed by atoms with van der Waals surface area (Å²) in [6.07, 6.45) is -0.644. The van der Waals surface area contributed by atoms with Crippen molar-refractivity contribution in [2.45, 2.75) is 103 Å². The summed E-state index contributed by atoms with van der Waals surface area (Å²) in [5.41, 5.74) is 4.16. The van der Waals surface area contributed by atoms with Crippen LogP contribution in [0.2, 0.25) is 0 Å². The van der Waals surface area contributed by atoms with Gasteiger partial charge in [-0.1, -0.05) is 76.2 Å². The largest absolute Gasteiger partial charge is 0.467 e. The highest BCUT2D eigenvalue weighted by Crippen LogP contribution is 2.44. The first-order chi connectivity index (χ1) is 29.9. The van der Waals surface area contributed by atoms with E-state index in [-0.39, 0.29) is 43.4 Å². The van der Waals surface area contributed by atoms with Crippen molar-refractivity contribution in [3.05, 3.63) is 95.1 Å². The summed E-state index contributed by atoms with van der Waals surface area (Å²) in [5, 5.41) is 12.9. The van der Waals surface area contributed by atoms with Crippen LogP contribution in [0.15, 0.2) is 66.7 Å². The van der Waals surface area contributed by atoms with Crippen LogP contribution in [-0.2, 0) is 44.7 Å². The Kier molecular flexibility index (Phi) is 16.0. The molecule has 0 aromatic heterocycles. The maximum Gasteiger partial charge on any atom is 0.407 e. The lowest BCUT2D eigenvalue weighted by Gasteiger charge is -2.31. The summed E-state index contributed by atoms with van der Waals surface area (Å²) in [4.78, 5) is 94.8. The number of carbonyl (C=O) groups is 7. The Morgan fingerprint density at radius 2 is 1.25 bits per heavy atom. The maximum absolute atomic E-state index is 14.3. The van der Waals surface area contributed by atoms with E-state index >= 15 is 0 Å². The number of methoxy groups -OCH3 is 1. The zero-order chi connectivity index (χ0) is 46.1. The molecule has 3 aromatic carbocycles. The zero-order valence-electron chi connectivity index (χ0n) is 36.5. The number of esters is 1. The number of rotatable bonds is 17. The average molecular weight is 875 g/mol. The average Bonchev–Trinajstić information content (AvgIpc) is 3.86. The Bertz CT molecular complexity index is 2140. The highest BCUT2D eigenvalue weighted by atomic mass is 19.1. The molecule has 6 amide bonds. The van der Waals surface area contributed by atoms with Crippen LogP contribution in [-0.4, -0.2) is 103 Å². The van der Waals surface area contributed by atoms with E-state index in [0.29, 0.717) is 12.5 Å². The molecule has 338 valence electrons. The van der Waals surface area contributed by atoms with Gasteiger partial charge in [-0.2, -0.15) is 0 Å². The molecule has 5 rings (SSSR count). The Balaban J connectivity index is 1.23. The van der Waals surface area contributed by atoms with Gasteiger partial charge in [0.25, 0.3) is 0 Å². The highest BCUT2D eigenvalue weighted by molar-refractivity contribution is 5.97. The number of likely N-dealkylation sites (tertiary alicyclic amines) is 1. The molecule has 0 saturated carbocycles. The third kappa shape index (κ3) is 11.8. The van der Waals surface area contributed by atoms with Crippen LogP contribution in [0.1, 0.15) is 77.0 Å². The summed E-state index contributed by atoms with van der Waals surface area (Å²) in [6, 6.07) is 11.3. The van der Waals surface area contributed by atoms with Gasteiger partial charge in [-0.15, -0.1) is 0 Å². The number of fused-ring (bicyclic) bond motifs is 3. The molecule has 0 radical (unpaired) electrons. The minimum atomic E-state index is -1.46. The molecule has 0 spiro atoms. The quantitative estimate of drug-likeness (QED) is 0.125. The number of carbonyl (C=O) groups excluding carboxylic acids is 7. The standard InChI is InChI=1S/C46H56F2N6O9/c1-24(2)38(43(58)53-39(25(3)4)45(60)62-7)52-42(57)37-17-12-18-54(37)44(59)36(21-28-19-29(47)22-30(48)20-28)51-41(56)26(5)49-40(55)27(6)50-46(61)63-23-35-33-15-10-8-13-31(33)32-14-9-11-16-34(32)35/h8-11,13-16,19-20,22,24-27,35-39H,12,17-18,21,23H2,1-7H3,(H,49,55)(H,50,61)(H,51,56)(H,52,57)(H,53,58)/t26-,27-,36-,37-,38-,39-/m0/s1. The fourth-order valence-electron chi connectivity index (χ4n) is 7.90. The number of amides is 6. The lowest BCUT2D eigenvalue weighted by molar-refractivity contribution is -0.147. The molecular formula is C46H56F2N6O9. The van der Waals surface area contributed by atoms with Crippen molar-refractivity contribution in [1.82, 2.24) is 31.5 Å². The number of nitrogens with zero attached hydrogens (tertiary/aromatic N) is 1. The van der Waals surface area contributed by atoms with Crippen LogP contribution in [0, 0.1) is 23.5 Å². The molecule has 2 aliphatic rings. The summed E-state index contributed by atoms with van der Waals surface area (Å²) in [5.74, 6) is -7.06. The molecule has 5 N–H and O–H groups in total. The Hall–Kier alpha value is -6.39. The monoisotopic (exact) mass is 874 g/mol. The van der Waals surface area contributed by atoms with Gasteiger partial charge in [0.2, 0.25) is 29.5 Å². The molecule has 6 atom stereocenters. The molecule has 17 heteroatoms. The highest BCUT2D eigenvalue weighted by Gasteiger charge is 2.40. The predicted octanol–water partition coefficient (Wildman–Crippen LogP) is 3.87. The number of nitrogens with one attached hydrogen (secondary N) is 5. The second-order valence-corrected chi connectivity index (χ2v) is 16.6. The zero-order valence-corrected chi connectivity index (χ0v) is 36.5. The minimum absolute atomic E-state index is 0.0145. The molecule has 1 aliphatic heterocycles. The van der Waals surface area contributed by atoms with Crippen molar-refractivity contribution < 1.29 is 51.8 Å². The van der Waals surface area contributed by atoms with Crippen molar-refractivity contribution in [1.29, 1.82) is 0 Å². The number of ether oxygens (including phenoxy) is 2. The van der Waals surface area contributed by atoms with E-state index in [9.17, 15) is 42.3 Å². The van der Waals surface area contributed by atoms with Gasteiger partial charge in [-0.05, 0) is 78.5 Å². The summed E-state index contributed by atoms with van der Waals surface area (Å²) in [7, 11) is 1.20. The van der Waals surface area contributed by atoms with Gasteiger partial charge in [0, 0.05) is 24.9 Å². The van der Waals surface area contributed by atoms with E-state index in [0.717, 1.165) is 34.4 Å². The van der Waals surface area contributed by atoms with Crippen LogP contribution in [0.25, 0.3) is 11.1 Å². The fourth-order valence-corrected chi connectivity index (χ4v) is 7.90. The number of hydrogen-bond donors (Lipinski definition) is 5. The van der Waals surface area contributed by atoms with E-state index in [2.05, 4.69) is 26.6 Å². The first-order valence-electron chi connectivity index (χ1n) is 21.1. The van der Waals surface area contributed by atoms with Crippen molar-refractivity contribution in [3.8, 4) is 11.1 Å². The fraction of sp³-hybridized carbons (Fsp3) is 0.457. The summed E-state index contributed by atoms with van der Waals surface area (Å²) in [6.45, 7) is 9.71. The molecule has 1 aliphatic carbocycles. The molecule has 0 bridgehead atoms. The van der Waals surface area contributed by atoms with Gasteiger partial charge >= 0.3 is 12.1 Å². The van der Waals surface area contributed by atoms with Crippen molar-refractivity contribution in [2.75, 3.05) is 20.3 Å². The third-order valence-electron chi connectivity index (χ3n) is 11.3.